The van der Waals surface area contributed by atoms with Crippen LogP contribution in [0, 0.1) is 0 Å². The molecule has 0 fully saturated rings. The summed E-state index contributed by atoms with van der Waals surface area (Å²) in [6, 6.07) is 2.50. The number of benzene rings is 1. The van der Waals surface area contributed by atoms with Crippen LogP contribution in [0.15, 0.2) is 27.1 Å². The van der Waals surface area contributed by atoms with E-state index < -0.39 is 11.9 Å². The van der Waals surface area contributed by atoms with Crippen LogP contribution >= 0.6 is 0 Å². The average Bonchev–Trinajstić information content (AvgIpc) is 2.61. The number of carbonyl (C=O) groups is 2. The predicted molar refractivity (Wildman–Crippen MR) is 49.8 cm³/mol. The maximum atomic E-state index is 11.4. The zero-order valence-corrected chi connectivity index (χ0v) is 7.39. The third-order valence-electron chi connectivity index (χ3n) is 2.17. The summed E-state index contributed by atoms with van der Waals surface area (Å²) >= 11 is 0. The lowest BCUT2D eigenvalue weighted by molar-refractivity contribution is 0.0960. The zero-order chi connectivity index (χ0) is 10.4. The van der Waals surface area contributed by atoms with Gasteiger partial charge >= 0.3 is 6.03 Å². The molecule has 3 amide bonds. The average molecular weight is 200 g/mol. The van der Waals surface area contributed by atoms with Gasteiger partial charge in [0.05, 0.1) is 22.0 Å². The molecule has 2 aliphatic rings. The highest BCUT2D eigenvalue weighted by Gasteiger charge is 2.19. The van der Waals surface area contributed by atoms with Gasteiger partial charge < -0.3 is 0 Å². The monoisotopic (exact) mass is 200 g/mol. The lowest BCUT2D eigenvalue weighted by Crippen LogP contribution is -2.39. The fraction of sp³-hybridized carbons (Fsp3) is 0. The van der Waals surface area contributed by atoms with Crippen LogP contribution < -0.4 is 16.0 Å². The minimum absolute atomic E-state index is 0.344. The van der Waals surface area contributed by atoms with Crippen LogP contribution in [0.1, 0.15) is 10.4 Å². The van der Waals surface area contributed by atoms with Gasteiger partial charge in [-0.1, -0.05) is 0 Å². The molecule has 0 saturated carbocycles. The van der Waals surface area contributed by atoms with E-state index in [9.17, 15) is 9.59 Å². The maximum absolute atomic E-state index is 11.4. The Balaban J connectivity index is 2.42. The molecule has 1 aromatic carbocycles. The summed E-state index contributed by atoms with van der Waals surface area (Å²) in [6.45, 7) is 0. The first-order valence-electron chi connectivity index (χ1n) is 4.22. The van der Waals surface area contributed by atoms with Gasteiger partial charge in [0.1, 0.15) is 6.34 Å². The standard InChI is InChI=1S/C9H4N4O2/c14-8-4-1-6-7(11-3-10-6)2-5(4)12-9(15)13-8/h1-3H,(H,13,14,15). The molecule has 0 radical (unpaired) electrons. The second-order valence-corrected chi connectivity index (χ2v) is 3.10. The number of fused-ring (bicyclic) bond motifs is 2. The van der Waals surface area contributed by atoms with E-state index in [-0.39, 0.29) is 0 Å². The number of hydrogen-bond donors (Lipinski definition) is 1. The molecule has 6 nitrogen and oxygen atoms in total. The van der Waals surface area contributed by atoms with Gasteiger partial charge in [-0.15, -0.1) is 0 Å². The largest absolute Gasteiger partial charge is 0.348 e. The topological polar surface area (TPSA) is 83.2 Å². The number of amides is 3. The zero-order valence-electron chi connectivity index (χ0n) is 7.39. The Morgan fingerprint density at radius 1 is 1.13 bits per heavy atom. The van der Waals surface area contributed by atoms with E-state index >= 15 is 0 Å². The van der Waals surface area contributed by atoms with Crippen molar-refractivity contribution in [3.05, 3.63) is 28.4 Å². The van der Waals surface area contributed by atoms with Crippen molar-refractivity contribution in [2.75, 3.05) is 0 Å². The van der Waals surface area contributed by atoms with E-state index in [1.165, 1.54) is 6.34 Å². The number of urea groups is 1. The Hall–Kier alpha value is -2.37. The minimum atomic E-state index is -0.647. The Morgan fingerprint density at radius 3 is 2.87 bits per heavy atom. The van der Waals surface area contributed by atoms with Crippen LogP contribution in [0.5, 0.6) is 0 Å². The van der Waals surface area contributed by atoms with Crippen molar-refractivity contribution < 1.29 is 9.59 Å². The molecule has 0 spiro atoms. The van der Waals surface area contributed by atoms with Crippen molar-refractivity contribution >= 4 is 24.0 Å². The smallest absolute Gasteiger partial charge is 0.272 e. The SMILES string of the molecule is O=C1N=c2cc3c(cc2C(=O)N1)=NC=N3. The third-order valence-corrected chi connectivity index (χ3v) is 2.17. The molecular weight excluding hydrogens is 196 g/mol. The molecule has 0 atom stereocenters. The summed E-state index contributed by atoms with van der Waals surface area (Å²) in [7, 11) is 0. The lowest BCUT2D eigenvalue weighted by Gasteiger charge is -2.06. The Kier molecular flexibility index (Phi) is 1.37. The summed E-state index contributed by atoms with van der Waals surface area (Å²) in [5.74, 6) is -0.449. The summed E-state index contributed by atoms with van der Waals surface area (Å²) < 4.78 is 0. The van der Waals surface area contributed by atoms with Crippen molar-refractivity contribution in [2.24, 2.45) is 15.0 Å². The summed E-state index contributed by atoms with van der Waals surface area (Å²) in [4.78, 5) is 34.0. The van der Waals surface area contributed by atoms with Gasteiger partial charge in [-0.2, -0.15) is 4.99 Å². The first kappa shape index (κ1) is 7.98. The van der Waals surface area contributed by atoms with Crippen LogP contribution in [-0.4, -0.2) is 18.3 Å². The van der Waals surface area contributed by atoms with Gasteiger partial charge in [-0.25, -0.2) is 14.8 Å². The van der Waals surface area contributed by atoms with Gasteiger partial charge in [-0.3, -0.25) is 10.1 Å². The number of nitrogens with zero attached hydrogens (tertiary/aromatic N) is 3. The Labute approximate surface area is 83.1 Å². The van der Waals surface area contributed by atoms with E-state index in [0.29, 0.717) is 22.0 Å². The number of rotatable bonds is 0. The van der Waals surface area contributed by atoms with Crippen molar-refractivity contribution in [1.29, 1.82) is 0 Å². The molecule has 0 aromatic heterocycles. The summed E-state index contributed by atoms with van der Waals surface area (Å²) in [5.41, 5.74) is 0.975. The highest BCUT2D eigenvalue weighted by molar-refractivity contribution is 6.06. The second-order valence-electron chi connectivity index (χ2n) is 3.10. The summed E-state index contributed by atoms with van der Waals surface area (Å²) in [5, 5.41) is 3.06. The molecule has 15 heavy (non-hydrogen) atoms. The minimum Gasteiger partial charge on any atom is -0.272 e. The highest BCUT2D eigenvalue weighted by Crippen LogP contribution is 2.06. The molecule has 0 saturated heterocycles. The normalized spacial score (nSPS) is 16.3. The van der Waals surface area contributed by atoms with E-state index in [2.05, 4.69) is 20.3 Å². The fourth-order valence-electron chi connectivity index (χ4n) is 1.50. The van der Waals surface area contributed by atoms with Gasteiger partial charge in [0.15, 0.2) is 0 Å². The molecular formula is C9H4N4O2. The van der Waals surface area contributed by atoms with E-state index in [0.717, 1.165) is 0 Å². The van der Waals surface area contributed by atoms with E-state index in [1.807, 2.05) is 0 Å². The first-order valence-corrected chi connectivity index (χ1v) is 4.22. The molecule has 3 rings (SSSR count). The van der Waals surface area contributed by atoms with Crippen LogP contribution in [-0.2, 0) is 0 Å². The molecule has 0 bridgehead atoms. The van der Waals surface area contributed by atoms with Crippen molar-refractivity contribution in [1.82, 2.24) is 5.32 Å². The van der Waals surface area contributed by atoms with E-state index in [1.54, 1.807) is 12.1 Å². The molecule has 2 heterocycles. The highest BCUT2D eigenvalue weighted by atomic mass is 16.2. The third kappa shape index (κ3) is 1.08. The molecule has 0 aliphatic carbocycles. The maximum Gasteiger partial charge on any atom is 0.348 e. The van der Waals surface area contributed by atoms with Crippen molar-refractivity contribution in [3.8, 4) is 0 Å². The number of carbonyl (C=O) groups excluding carboxylic acids is 2. The molecule has 0 unspecified atom stereocenters. The Morgan fingerprint density at radius 2 is 2.00 bits per heavy atom. The number of hydrogen-bond acceptors (Lipinski definition) is 4. The van der Waals surface area contributed by atoms with Gasteiger partial charge in [0.25, 0.3) is 5.91 Å². The van der Waals surface area contributed by atoms with Gasteiger partial charge in [0, 0.05) is 0 Å². The quantitative estimate of drug-likeness (QED) is 0.610. The van der Waals surface area contributed by atoms with Crippen LogP contribution in [0.3, 0.4) is 0 Å². The van der Waals surface area contributed by atoms with Gasteiger partial charge in [0.2, 0.25) is 0 Å². The molecule has 6 heteroatoms. The van der Waals surface area contributed by atoms with E-state index in [4.69, 9.17) is 0 Å². The molecule has 1 N–H and O–H groups in total. The molecule has 1 aromatic rings. The van der Waals surface area contributed by atoms with Gasteiger partial charge in [-0.05, 0) is 12.1 Å². The van der Waals surface area contributed by atoms with Crippen LogP contribution in [0.2, 0.25) is 0 Å². The summed E-state index contributed by atoms with van der Waals surface area (Å²) in [6.07, 6.45) is 1.40. The van der Waals surface area contributed by atoms with Crippen LogP contribution in [0.25, 0.3) is 0 Å². The fourth-order valence-corrected chi connectivity index (χ4v) is 1.50. The number of nitrogens with one attached hydrogen (secondary N) is 1. The number of aliphatic imine (C=N–C) groups is 1. The number of imide groups is 1. The molecule has 72 valence electrons. The Bertz CT molecular complexity index is 645. The van der Waals surface area contributed by atoms with Crippen molar-refractivity contribution in [2.45, 2.75) is 0 Å². The first-order chi connectivity index (χ1) is 7.24. The second kappa shape index (κ2) is 2.57. The molecule has 2 aliphatic heterocycles. The lowest BCUT2D eigenvalue weighted by atomic mass is 10.1. The van der Waals surface area contributed by atoms with Crippen molar-refractivity contribution in [3.63, 3.8) is 0 Å². The van der Waals surface area contributed by atoms with Crippen LogP contribution in [0.4, 0.5) is 10.5 Å². The predicted octanol–water partition coefficient (Wildman–Crippen LogP) is -0.537.